The number of carbonyl (C=O) groups is 1. The third-order valence-electron chi connectivity index (χ3n) is 3.64. The summed E-state index contributed by atoms with van der Waals surface area (Å²) < 4.78 is 19.4. The van der Waals surface area contributed by atoms with Gasteiger partial charge in [-0.1, -0.05) is 24.3 Å². The molecule has 5 heteroatoms. The number of carbonyl (C=O) groups excluding carboxylic acids is 1. The molecule has 0 saturated heterocycles. The van der Waals surface area contributed by atoms with Crippen molar-refractivity contribution in [2.75, 3.05) is 5.32 Å². The van der Waals surface area contributed by atoms with Gasteiger partial charge in [-0.05, 0) is 43.7 Å². The number of benzene rings is 2. The molecule has 0 fully saturated rings. The number of amides is 1. The smallest absolute Gasteiger partial charge is 0.230 e. The summed E-state index contributed by atoms with van der Waals surface area (Å²) in [6, 6.07) is 14.0. The van der Waals surface area contributed by atoms with Gasteiger partial charge in [0.15, 0.2) is 0 Å². The van der Waals surface area contributed by atoms with E-state index >= 15 is 0 Å². The maximum atomic E-state index is 13.7. The molecule has 1 amide bonds. The zero-order chi connectivity index (χ0) is 17.1. The van der Waals surface area contributed by atoms with Crippen LogP contribution in [0.4, 0.5) is 10.1 Å². The van der Waals surface area contributed by atoms with Gasteiger partial charge in [0.2, 0.25) is 11.8 Å². The van der Waals surface area contributed by atoms with E-state index in [2.05, 4.69) is 10.3 Å². The standard InChI is InChI=1S/C19H17FN2O2/c1-12-8-9-15(20)17(10-12)21-18(23)11-16-13(2)24-19(22-16)14-6-4-3-5-7-14/h3-10H,11H2,1-2H3,(H,21,23). The van der Waals surface area contributed by atoms with Gasteiger partial charge < -0.3 is 9.73 Å². The van der Waals surface area contributed by atoms with Gasteiger partial charge in [-0.2, -0.15) is 0 Å². The van der Waals surface area contributed by atoms with E-state index in [0.717, 1.165) is 11.1 Å². The summed E-state index contributed by atoms with van der Waals surface area (Å²) in [5, 5.41) is 2.58. The summed E-state index contributed by atoms with van der Waals surface area (Å²) in [5.41, 5.74) is 2.43. The minimum absolute atomic E-state index is 0.0234. The van der Waals surface area contributed by atoms with Crippen molar-refractivity contribution in [1.29, 1.82) is 0 Å². The summed E-state index contributed by atoms with van der Waals surface area (Å²) in [6.07, 6.45) is 0.0234. The molecule has 0 saturated carbocycles. The van der Waals surface area contributed by atoms with Crippen molar-refractivity contribution in [1.82, 2.24) is 4.98 Å². The number of nitrogens with zero attached hydrogens (tertiary/aromatic N) is 1. The molecule has 24 heavy (non-hydrogen) atoms. The van der Waals surface area contributed by atoms with E-state index in [9.17, 15) is 9.18 Å². The van der Waals surface area contributed by atoms with Crippen molar-refractivity contribution < 1.29 is 13.6 Å². The number of hydrogen-bond donors (Lipinski definition) is 1. The zero-order valence-electron chi connectivity index (χ0n) is 13.5. The van der Waals surface area contributed by atoms with Crippen molar-refractivity contribution in [2.45, 2.75) is 20.3 Å². The first kappa shape index (κ1) is 15.9. The lowest BCUT2D eigenvalue weighted by Crippen LogP contribution is -2.16. The zero-order valence-corrected chi connectivity index (χ0v) is 13.5. The van der Waals surface area contributed by atoms with Crippen LogP contribution < -0.4 is 5.32 Å². The van der Waals surface area contributed by atoms with Gasteiger partial charge in [0.05, 0.1) is 17.8 Å². The van der Waals surface area contributed by atoms with Crippen LogP contribution in [-0.2, 0) is 11.2 Å². The summed E-state index contributed by atoms with van der Waals surface area (Å²) in [6.45, 7) is 3.60. The molecule has 122 valence electrons. The highest BCUT2D eigenvalue weighted by Gasteiger charge is 2.15. The van der Waals surface area contributed by atoms with E-state index in [-0.39, 0.29) is 18.0 Å². The minimum atomic E-state index is -0.462. The third kappa shape index (κ3) is 3.51. The topological polar surface area (TPSA) is 55.1 Å². The molecular formula is C19H17FN2O2. The lowest BCUT2D eigenvalue weighted by Gasteiger charge is -2.06. The number of hydrogen-bond acceptors (Lipinski definition) is 3. The van der Waals surface area contributed by atoms with Crippen LogP contribution in [0.3, 0.4) is 0 Å². The molecule has 1 N–H and O–H groups in total. The number of aromatic nitrogens is 1. The molecular weight excluding hydrogens is 307 g/mol. The Bertz CT molecular complexity index is 872. The maximum Gasteiger partial charge on any atom is 0.230 e. The monoisotopic (exact) mass is 324 g/mol. The van der Waals surface area contributed by atoms with Crippen LogP contribution >= 0.6 is 0 Å². The van der Waals surface area contributed by atoms with Crippen LogP contribution in [0.1, 0.15) is 17.0 Å². The molecule has 0 aliphatic rings. The molecule has 1 heterocycles. The van der Waals surface area contributed by atoms with Gasteiger partial charge in [-0.3, -0.25) is 4.79 Å². The summed E-state index contributed by atoms with van der Waals surface area (Å²) in [7, 11) is 0. The van der Waals surface area contributed by atoms with Gasteiger partial charge >= 0.3 is 0 Å². The van der Waals surface area contributed by atoms with Crippen molar-refractivity contribution in [2.24, 2.45) is 0 Å². The van der Waals surface area contributed by atoms with Crippen LogP contribution in [0, 0.1) is 19.7 Å². The Balaban J connectivity index is 1.75. The largest absolute Gasteiger partial charge is 0.441 e. The van der Waals surface area contributed by atoms with Crippen LogP contribution in [0.5, 0.6) is 0 Å². The molecule has 0 aliphatic carbocycles. The Morgan fingerprint density at radius 3 is 2.67 bits per heavy atom. The molecule has 1 aromatic heterocycles. The molecule has 0 unspecified atom stereocenters. The maximum absolute atomic E-state index is 13.7. The summed E-state index contributed by atoms with van der Waals surface area (Å²) in [5.74, 6) is 0.248. The van der Waals surface area contributed by atoms with Gasteiger partial charge in [-0.25, -0.2) is 9.37 Å². The van der Waals surface area contributed by atoms with Gasteiger partial charge in [0.1, 0.15) is 11.6 Å². The number of oxazole rings is 1. The summed E-state index contributed by atoms with van der Waals surface area (Å²) in [4.78, 5) is 16.6. The highest BCUT2D eigenvalue weighted by atomic mass is 19.1. The molecule has 0 spiro atoms. The SMILES string of the molecule is Cc1ccc(F)c(NC(=O)Cc2nc(-c3ccccc3)oc2C)c1. The van der Waals surface area contributed by atoms with E-state index in [1.807, 2.05) is 37.3 Å². The van der Waals surface area contributed by atoms with E-state index in [1.54, 1.807) is 19.1 Å². The molecule has 0 atom stereocenters. The van der Waals surface area contributed by atoms with Crippen LogP contribution in [-0.4, -0.2) is 10.9 Å². The Morgan fingerprint density at radius 1 is 1.17 bits per heavy atom. The fraction of sp³-hybridized carbons (Fsp3) is 0.158. The average molecular weight is 324 g/mol. The highest BCUT2D eigenvalue weighted by molar-refractivity contribution is 5.92. The van der Waals surface area contributed by atoms with Crippen molar-refractivity contribution in [3.8, 4) is 11.5 Å². The molecule has 2 aromatic carbocycles. The molecule has 4 nitrogen and oxygen atoms in total. The predicted octanol–water partition coefficient (Wildman–Crippen LogP) is 4.28. The number of anilines is 1. The first-order valence-electron chi connectivity index (χ1n) is 7.60. The number of rotatable bonds is 4. The molecule has 0 radical (unpaired) electrons. The number of nitrogens with one attached hydrogen (secondary N) is 1. The molecule has 3 rings (SSSR count). The fourth-order valence-corrected chi connectivity index (χ4v) is 2.38. The Morgan fingerprint density at radius 2 is 1.92 bits per heavy atom. The average Bonchev–Trinajstić information content (AvgIpc) is 2.92. The van der Waals surface area contributed by atoms with Gasteiger partial charge in [0.25, 0.3) is 0 Å². The second kappa shape index (κ2) is 6.66. The lowest BCUT2D eigenvalue weighted by atomic mass is 10.2. The second-order valence-electron chi connectivity index (χ2n) is 5.60. The quantitative estimate of drug-likeness (QED) is 0.779. The molecule has 3 aromatic rings. The van der Waals surface area contributed by atoms with Crippen molar-refractivity contribution >= 4 is 11.6 Å². The Hall–Kier alpha value is -2.95. The lowest BCUT2D eigenvalue weighted by molar-refractivity contribution is -0.115. The minimum Gasteiger partial charge on any atom is -0.441 e. The van der Waals surface area contributed by atoms with Crippen molar-refractivity contribution in [3.63, 3.8) is 0 Å². The third-order valence-corrected chi connectivity index (χ3v) is 3.64. The van der Waals surface area contributed by atoms with E-state index in [1.165, 1.54) is 6.07 Å². The van der Waals surface area contributed by atoms with Crippen molar-refractivity contribution in [3.05, 3.63) is 71.4 Å². The number of aryl methyl sites for hydroxylation is 2. The Labute approximate surface area is 139 Å². The molecule has 0 aliphatic heterocycles. The normalized spacial score (nSPS) is 10.6. The molecule has 0 bridgehead atoms. The number of halogens is 1. The van der Waals surface area contributed by atoms with Crippen LogP contribution in [0.25, 0.3) is 11.5 Å². The van der Waals surface area contributed by atoms with Gasteiger partial charge in [0, 0.05) is 5.56 Å². The van der Waals surface area contributed by atoms with E-state index in [4.69, 9.17) is 4.42 Å². The first-order valence-corrected chi connectivity index (χ1v) is 7.60. The first-order chi connectivity index (χ1) is 11.5. The Kier molecular flexibility index (Phi) is 4.42. The summed E-state index contributed by atoms with van der Waals surface area (Å²) >= 11 is 0. The van der Waals surface area contributed by atoms with Crippen LogP contribution in [0.15, 0.2) is 52.9 Å². The van der Waals surface area contributed by atoms with E-state index in [0.29, 0.717) is 17.3 Å². The van der Waals surface area contributed by atoms with Gasteiger partial charge in [-0.15, -0.1) is 0 Å². The van der Waals surface area contributed by atoms with E-state index < -0.39 is 5.82 Å². The second-order valence-corrected chi connectivity index (χ2v) is 5.60. The predicted molar refractivity (Wildman–Crippen MR) is 90.1 cm³/mol. The highest BCUT2D eigenvalue weighted by Crippen LogP contribution is 2.22. The fourth-order valence-electron chi connectivity index (χ4n) is 2.38. The van der Waals surface area contributed by atoms with Crippen LogP contribution in [0.2, 0.25) is 0 Å².